The van der Waals surface area contributed by atoms with E-state index in [1.165, 1.54) is 57.5 Å². The summed E-state index contributed by atoms with van der Waals surface area (Å²) in [5, 5.41) is 0. The van der Waals surface area contributed by atoms with Gasteiger partial charge in [-0.05, 0) is 24.7 Å². The summed E-state index contributed by atoms with van der Waals surface area (Å²) in [6.07, 6.45) is 13.4. The zero-order chi connectivity index (χ0) is 8.65. The van der Waals surface area contributed by atoms with E-state index in [1.54, 1.807) is 8.58 Å². The van der Waals surface area contributed by atoms with E-state index in [2.05, 4.69) is 6.92 Å². The molecule has 0 aromatic carbocycles. The van der Waals surface area contributed by atoms with Gasteiger partial charge < -0.3 is 0 Å². The van der Waals surface area contributed by atoms with E-state index in [0.29, 0.717) is 0 Å². The van der Waals surface area contributed by atoms with Crippen LogP contribution in [0.1, 0.15) is 58.3 Å². The number of hydrogen-bond acceptors (Lipinski definition) is 0. The Morgan fingerprint density at radius 2 is 1.42 bits per heavy atom. The van der Waals surface area contributed by atoms with Crippen molar-refractivity contribution in [3.8, 4) is 0 Å². The van der Waals surface area contributed by atoms with Gasteiger partial charge in [0.25, 0.3) is 0 Å². The maximum absolute atomic E-state index is 2.31. The fourth-order valence-corrected chi connectivity index (χ4v) is 3.30. The molecule has 0 N–H and O–H groups in total. The molecule has 1 radical (unpaired) electrons. The number of hydrogen-bond donors (Lipinski definition) is 0. The Hall–Kier alpha value is 0.430. The Kier molecular flexibility index (Phi) is 6.04. The summed E-state index contributed by atoms with van der Waals surface area (Å²) in [6.45, 7) is 2.31. The van der Waals surface area contributed by atoms with Gasteiger partial charge in [0.15, 0.2) is 0 Å². The van der Waals surface area contributed by atoms with Crippen molar-refractivity contribution in [1.82, 2.24) is 0 Å². The van der Waals surface area contributed by atoms with Crippen molar-refractivity contribution < 1.29 is 0 Å². The quantitative estimate of drug-likeness (QED) is 0.557. The molecular weight excluding hydrogens is 163 g/mol. The van der Waals surface area contributed by atoms with E-state index in [9.17, 15) is 0 Å². The molecule has 0 bridgehead atoms. The highest BCUT2D eigenvalue weighted by atomic mass is 31.1. The van der Waals surface area contributed by atoms with Crippen LogP contribution >= 0.6 is 8.58 Å². The second kappa shape index (κ2) is 6.89. The van der Waals surface area contributed by atoms with Crippen LogP contribution in [0.3, 0.4) is 0 Å². The van der Waals surface area contributed by atoms with Gasteiger partial charge in [0, 0.05) is 0 Å². The maximum Gasteiger partial charge on any atom is -0.0170 e. The van der Waals surface area contributed by atoms with Crippen LogP contribution in [-0.2, 0) is 0 Å². The van der Waals surface area contributed by atoms with Gasteiger partial charge in [0.2, 0.25) is 0 Å². The van der Waals surface area contributed by atoms with Gasteiger partial charge in [-0.15, -0.1) is 0 Å². The molecule has 0 unspecified atom stereocenters. The summed E-state index contributed by atoms with van der Waals surface area (Å²) in [5.74, 6) is 0. The molecule has 0 nitrogen and oxygen atoms in total. The Morgan fingerprint density at radius 3 is 1.92 bits per heavy atom. The third kappa shape index (κ3) is 4.45. The summed E-state index contributed by atoms with van der Waals surface area (Å²) in [7, 11) is 1.72. The van der Waals surface area contributed by atoms with Crippen LogP contribution in [0, 0.1) is 0 Å². The highest BCUT2D eigenvalue weighted by Crippen LogP contribution is 2.30. The van der Waals surface area contributed by atoms with Crippen molar-refractivity contribution in [2.24, 2.45) is 0 Å². The van der Waals surface area contributed by atoms with Gasteiger partial charge in [0.05, 0.1) is 0 Å². The molecule has 1 heteroatoms. The van der Waals surface area contributed by atoms with E-state index < -0.39 is 0 Å². The lowest BCUT2D eigenvalue weighted by molar-refractivity contribution is 0.624. The molecule has 1 rings (SSSR count). The van der Waals surface area contributed by atoms with Gasteiger partial charge in [-0.2, -0.15) is 0 Å². The lowest BCUT2D eigenvalue weighted by Gasteiger charge is -2.13. The Labute approximate surface area is 79.3 Å². The average molecular weight is 185 g/mol. The normalized spacial score (nSPS) is 23.8. The van der Waals surface area contributed by atoms with Crippen LogP contribution in [0.5, 0.6) is 0 Å². The first-order valence-corrected chi connectivity index (χ1v) is 6.75. The minimum absolute atomic E-state index is 1.05. The minimum Gasteiger partial charge on any atom is -0.0778 e. The molecule has 0 aromatic heterocycles. The van der Waals surface area contributed by atoms with Gasteiger partial charge >= 0.3 is 0 Å². The first-order chi connectivity index (χ1) is 5.93. The number of rotatable bonds is 2. The summed E-state index contributed by atoms with van der Waals surface area (Å²) in [4.78, 5) is 0. The van der Waals surface area contributed by atoms with Gasteiger partial charge in [-0.3, -0.25) is 0 Å². The van der Waals surface area contributed by atoms with Crippen LogP contribution < -0.4 is 0 Å². The smallest absolute Gasteiger partial charge is 0.0170 e. The fourth-order valence-electron chi connectivity index (χ4n) is 2.05. The van der Waals surface area contributed by atoms with Crippen molar-refractivity contribution in [2.75, 3.05) is 6.16 Å². The van der Waals surface area contributed by atoms with Crippen LogP contribution in [0.15, 0.2) is 0 Å². The van der Waals surface area contributed by atoms with Crippen molar-refractivity contribution in [2.45, 2.75) is 63.9 Å². The fraction of sp³-hybridized carbons (Fsp3) is 1.00. The highest BCUT2D eigenvalue weighted by molar-refractivity contribution is 7.38. The molecule has 0 spiro atoms. The van der Waals surface area contributed by atoms with Gasteiger partial charge in [0.1, 0.15) is 0 Å². The molecule has 1 fully saturated rings. The molecular formula is C11H22P. The first kappa shape index (κ1) is 10.5. The third-order valence-electron chi connectivity index (χ3n) is 2.77. The molecule has 0 saturated heterocycles. The third-order valence-corrected chi connectivity index (χ3v) is 4.16. The van der Waals surface area contributed by atoms with Crippen LogP contribution in [0.4, 0.5) is 0 Å². The van der Waals surface area contributed by atoms with E-state index in [4.69, 9.17) is 0 Å². The zero-order valence-electron chi connectivity index (χ0n) is 8.39. The lowest BCUT2D eigenvalue weighted by Crippen LogP contribution is -2.00. The molecule has 0 amide bonds. The molecule has 1 saturated carbocycles. The monoisotopic (exact) mass is 185 g/mol. The zero-order valence-corrected chi connectivity index (χ0v) is 9.28. The summed E-state index contributed by atoms with van der Waals surface area (Å²) >= 11 is 0. The summed E-state index contributed by atoms with van der Waals surface area (Å²) < 4.78 is 0. The molecule has 0 atom stereocenters. The van der Waals surface area contributed by atoms with E-state index in [-0.39, 0.29) is 0 Å². The topological polar surface area (TPSA) is 0 Å². The predicted molar refractivity (Wildman–Crippen MR) is 58.2 cm³/mol. The Balaban J connectivity index is 2.19. The van der Waals surface area contributed by atoms with Crippen LogP contribution in [-0.4, -0.2) is 11.8 Å². The first-order valence-electron chi connectivity index (χ1n) is 5.60. The average Bonchev–Trinajstić information content (AvgIpc) is 2.19. The standard InChI is InChI=1S/C11H22P/c1-2-12-11-9-7-5-3-4-6-8-10-11/h11H,2-10H2,1H3. The van der Waals surface area contributed by atoms with E-state index in [0.717, 1.165) is 5.66 Å². The Morgan fingerprint density at radius 1 is 0.917 bits per heavy atom. The van der Waals surface area contributed by atoms with Crippen LogP contribution in [0.25, 0.3) is 0 Å². The molecule has 12 heavy (non-hydrogen) atoms. The van der Waals surface area contributed by atoms with Crippen molar-refractivity contribution in [3.05, 3.63) is 0 Å². The molecule has 1 aliphatic carbocycles. The summed E-state index contributed by atoms with van der Waals surface area (Å²) in [6, 6.07) is 0. The second-order valence-electron chi connectivity index (χ2n) is 3.85. The minimum atomic E-state index is 1.05. The molecule has 1 aliphatic rings. The largest absolute Gasteiger partial charge is 0.0778 e. The van der Waals surface area contributed by atoms with Crippen molar-refractivity contribution >= 4 is 8.58 Å². The second-order valence-corrected chi connectivity index (χ2v) is 5.58. The molecule has 0 aromatic rings. The van der Waals surface area contributed by atoms with E-state index in [1.807, 2.05) is 0 Å². The van der Waals surface area contributed by atoms with Crippen molar-refractivity contribution in [1.29, 1.82) is 0 Å². The predicted octanol–water partition coefficient (Wildman–Crippen LogP) is 4.46. The van der Waals surface area contributed by atoms with E-state index >= 15 is 0 Å². The van der Waals surface area contributed by atoms with Crippen LogP contribution in [0.2, 0.25) is 0 Å². The van der Waals surface area contributed by atoms with Crippen molar-refractivity contribution in [3.63, 3.8) is 0 Å². The van der Waals surface area contributed by atoms with Gasteiger partial charge in [-0.1, -0.05) is 54.0 Å². The maximum atomic E-state index is 2.31. The highest BCUT2D eigenvalue weighted by Gasteiger charge is 2.09. The molecule has 71 valence electrons. The lowest BCUT2D eigenvalue weighted by atomic mass is 10.1. The Bertz CT molecular complexity index is 91.2. The van der Waals surface area contributed by atoms with Gasteiger partial charge in [-0.25, -0.2) is 0 Å². The molecule has 0 heterocycles. The summed E-state index contributed by atoms with van der Waals surface area (Å²) in [5.41, 5.74) is 1.05. The molecule has 0 aliphatic heterocycles. The SMILES string of the molecule is CC[P]C1CCCCCCCC1.